The van der Waals surface area contributed by atoms with Crippen LogP contribution in [0, 0.1) is 0 Å². The van der Waals surface area contributed by atoms with Gasteiger partial charge in [0.25, 0.3) is 0 Å². The highest BCUT2D eigenvalue weighted by atomic mass is 31.2. The van der Waals surface area contributed by atoms with Crippen LogP contribution in [0.1, 0.15) is 53.4 Å². The summed E-state index contributed by atoms with van der Waals surface area (Å²) >= 11 is 0. The Morgan fingerprint density at radius 3 is 1.22 bits per heavy atom. The van der Waals surface area contributed by atoms with Gasteiger partial charge in [0.15, 0.2) is 0 Å². The monoisotopic (exact) mass is 358 g/mol. The van der Waals surface area contributed by atoms with E-state index < -0.39 is 26.2 Å². The summed E-state index contributed by atoms with van der Waals surface area (Å²) < 4.78 is 32.3. The summed E-state index contributed by atoms with van der Waals surface area (Å²) in [4.78, 5) is 24.8. The first-order valence-corrected chi connectivity index (χ1v) is 12.0. The van der Waals surface area contributed by atoms with Gasteiger partial charge in [-0.1, -0.05) is 27.7 Å². The summed E-state index contributed by atoms with van der Waals surface area (Å²) in [7, 11) is -6.17. The Bertz CT molecular complexity index is 621. The SMILES string of the molecule is CC1CCC(C)P1(=O)C1=C(P2(=O)C(C)CCC2C)C(=O)OC1=O. The Morgan fingerprint density at radius 1 is 0.696 bits per heavy atom. The van der Waals surface area contributed by atoms with Crippen molar-refractivity contribution in [3.05, 3.63) is 10.6 Å². The standard InChI is InChI=1S/C16H24O5P2/c1-9-5-6-10(2)22(9,19)13-14(16(18)21-15(13)17)23(20)11(3)7-8-12(23)4/h9-12H,5-8H2,1-4H3. The van der Waals surface area contributed by atoms with Gasteiger partial charge in [0.05, 0.1) is 0 Å². The smallest absolute Gasteiger partial charge is 0.350 e. The topological polar surface area (TPSA) is 77.5 Å². The molecular weight excluding hydrogens is 334 g/mol. The first-order chi connectivity index (χ1) is 10.6. The molecule has 0 amide bonds. The van der Waals surface area contributed by atoms with E-state index in [0.717, 1.165) is 25.7 Å². The third kappa shape index (κ3) is 2.12. The zero-order valence-electron chi connectivity index (χ0n) is 14.1. The zero-order chi connectivity index (χ0) is 17.2. The van der Waals surface area contributed by atoms with Crippen molar-refractivity contribution in [2.24, 2.45) is 0 Å². The fourth-order valence-electron chi connectivity index (χ4n) is 4.47. The number of cyclic esters (lactones) is 2. The van der Waals surface area contributed by atoms with Crippen LogP contribution in [0.25, 0.3) is 0 Å². The minimum Gasteiger partial charge on any atom is -0.385 e. The third-order valence-electron chi connectivity index (χ3n) is 6.12. The van der Waals surface area contributed by atoms with E-state index in [9.17, 15) is 18.7 Å². The van der Waals surface area contributed by atoms with Gasteiger partial charge in [-0.3, -0.25) is 0 Å². The molecule has 4 unspecified atom stereocenters. The molecule has 0 spiro atoms. The molecule has 5 nitrogen and oxygen atoms in total. The average molecular weight is 358 g/mol. The van der Waals surface area contributed by atoms with Crippen LogP contribution < -0.4 is 0 Å². The predicted molar refractivity (Wildman–Crippen MR) is 89.7 cm³/mol. The molecule has 128 valence electrons. The first-order valence-electron chi connectivity index (χ1n) is 8.35. The largest absolute Gasteiger partial charge is 0.385 e. The van der Waals surface area contributed by atoms with Crippen LogP contribution in [0.2, 0.25) is 0 Å². The van der Waals surface area contributed by atoms with Crippen LogP contribution in [-0.2, 0) is 23.5 Å². The molecule has 3 heterocycles. The molecule has 2 saturated heterocycles. The van der Waals surface area contributed by atoms with Crippen molar-refractivity contribution in [1.82, 2.24) is 0 Å². The van der Waals surface area contributed by atoms with E-state index in [4.69, 9.17) is 4.74 Å². The molecule has 0 saturated carbocycles. The van der Waals surface area contributed by atoms with Gasteiger partial charge in [0.2, 0.25) is 0 Å². The van der Waals surface area contributed by atoms with Gasteiger partial charge >= 0.3 is 11.9 Å². The van der Waals surface area contributed by atoms with Crippen molar-refractivity contribution in [3.63, 3.8) is 0 Å². The molecule has 3 aliphatic heterocycles. The summed E-state index contributed by atoms with van der Waals surface area (Å²) in [6, 6.07) is 0. The van der Waals surface area contributed by atoms with Gasteiger partial charge in [0, 0.05) is 22.6 Å². The number of hydrogen-bond acceptors (Lipinski definition) is 5. The van der Waals surface area contributed by atoms with E-state index in [-0.39, 0.29) is 33.3 Å². The molecule has 0 aliphatic carbocycles. The van der Waals surface area contributed by atoms with Gasteiger partial charge in [-0.05, 0) is 25.7 Å². The molecule has 0 N–H and O–H groups in total. The Hall–Kier alpha value is -0.660. The minimum absolute atomic E-state index is 0.00364. The summed E-state index contributed by atoms with van der Waals surface area (Å²) in [5.74, 6) is -1.62. The first kappa shape index (κ1) is 17.2. The van der Waals surface area contributed by atoms with Crippen molar-refractivity contribution in [2.75, 3.05) is 0 Å². The molecule has 0 aromatic carbocycles. The lowest BCUT2D eigenvalue weighted by Crippen LogP contribution is -2.13. The molecule has 3 rings (SSSR count). The lowest BCUT2D eigenvalue weighted by molar-refractivity contribution is -0.150. The van der Waals surface area contributed by atoms with Gasteiger partial charge in [-0.2, -0.15) is 0 Å². The number of rotatable bonds is 2. The molecule has 4 atom stereocenters. The Morgan fingerprint density at radius 2 is 0.957 bits per heavy atom. The molecule has 0 aromatic rings. The summed E-state index contributed by atoms with van der Waals surface area (Å²) in [6.45, 7) is 7.45. The van der Waals surface area contributed by atoms with Crippen LogP contribution in [0.4, 0.5) is 0 Å². The Labute approximate surface area is 137 Å². The lowest BCUT2D eigenvalue weighted by Gasteiger charge is -2.26. The van der Waals surface area contributed by atoms with Gasteiger partial charge < -0.3 is 13.9 Å². The molecular formula is C16H24O5P2. The van der Waals surface area contributed by atoms with Crippen molar-refractivity contribution >= 4 is 26.2 Å². The maximum Gasteiger partial charge on any atom is 0.350 e. The molecule has 7 heteroatoms. The molecule has 0 radical (unpaired) electrons. The fourth-order valence-corrected chi connectivity index (χ4v) is 12.5. The van der Waals surface area contributed by atoms with Crippen LogP contribution in [0.3, 0.4) is 0 Å². The predicted octanol–water partition coefficient (Wildman–Crippen LogP) is 4.15. The van der Waals surface area contributed by atoms with E-state index in [0.29, 0.717) is 0 Å². The summed E-state index contributed by atoms with van der Waals surface area (Å²) in [5.41, 5.74) is -0.664. The minimum atomic E-state index is -3.09. The Balaban J connectivity index is 2.28. The van der Waals surface area contributed by atoms with Crippen molar-refractivity contribution in [1.29, 1.82) is 0 Å². The number of ether oxygens (including phenoxy) is 1. The Kier molecular flexibility index (Phi) is 4.05. The van der Waals surface area contributed by atoms with Crippen molar-refractivity contribution < 1.29 is 23.5 Å². The molecule has 0 aromatic heterocycles. The lowest BCUT2D eigenvalue weighted by atomic mass is 10.2. The second-order valence-electron chi connectivity index (χ2n) is 7.34. The quantitative estimate of drug-likeness (QED) is 0.421. The molecule has 0 bridgehead atoms. The number of esters is 2. The van der Waals surface area contributed by atoms with E-state index in [1.165, 1.54) is 0 Å². The van der Waals surface area contributed by atoms with Crippen LogP contribution >= 0.6 is 14.3 Å². The van der Waals surface area contributed by atoms with Crippen LogP contribution in [0.5, 0.6) is 0 Å². The highest BCUT2D eigenvalue weighted by Crippen LogP contribution is 2.77. The highest BCUT2D eigenvalue weighted by molar-refractivity contribution is 7.75. The maximum atomic E-state index is 13.7. The second-order valence-corrected chi connectivity index (χ2v) is 14.6. The van der Waals surface area contributed by atoms with Crippen LogP contribution in [-0.4, -0.2) is 34.6 Å². The van der Waals surface area contributed by atoms with Gasteiger partial charge in [-0.15, -0.1) is 0 Å². The van der Waals surface area contributed by atoms with Crippen molar-refractivity contribution in [2.45, 2.75) is 76.0 Å². The average Bonchev–Trinajstić information content (AvgIpc) is 3.03. The summed E-state index contributed by atoms with van der Waals surface area (Å²) in [5, 5.41) is 0.00728. The van der Waals surface area contributed by atoms with E-state index >= 15 is 0 Å². The maximum absolute atomic E-state index is 13.7. The van der Waals surface area contributed by atoms with Gasteiger partial charge in [-0.25, -0.2) is 9.59 Å². The second kappa shape index (κ2) is 5.43. The van der Waals surface area contributed by atoms with Gasteiger partial charge in [0.1, 0.15) is 24.9 Å². The number of carbonyl (C=O) groups excluding carboxylic acids is 2. The fraction of sp³-hybridized carbons (Fsp3) is 0.750. The normalized spacial score (nSPS) is 47.5. The van der Waals surface area contributed by atoms with E-state index in [1.807, 2.05) is 27.7 Å². The highest BCUT2D eigenvalue weighted by Gasteiger charge is 2.59. The number of hydrogen-bond donors (Lipinski definition) is 0. The third-order valence-corrected chi connectivity index (χ3v) is 14.8. The zero-order valence-corrected chi connectivity index (χ0v) is 15.9. The van der Waals surface area contributed by atoms with Crippen LogP contribution in [0.15, 0.2) is 10.6 Å². The van der Waals surface area contributed by atoms with E-state index in [2.05, 4.69) is 0 Å². The molecule has 3 aliphatic rings. The molecule has 23 heavy (non-hydrogen) atoms. The van der Waals surface area contributed by atoms with E-state index in [1.54, 1.807) is 0 Å². The van der Waals surface area contributed by atoms with Crippen molar-refractivity contribution in [3.8, 4) is 0 Å². The summed E-state index contributed by atoms with van der Waals surface area (Å²) in [6.07, 6.45) is 3.02. The number of carbonyl (C=O) groups is 2. The molecule has 2 fully saturated rings.